The average Bonchev–Trinajstić information content (AvgIpc) is 3.19. The number of aryl methyl sites for hydroxylation is 1. The molecule has 154 valence electrons. The first-order chi connectivity index (χ1) is 14.6. The largest absolute Gasteiger partial charge is 0.478 e. The van der Waals surface area contributed by atoms with Gasteiger partial charge < -0.3 is 20.6 Å². The minimum absolute atomic E-state index is 0.116. The normalized spacial score (nSPS) is 14.9. The Balaban J connectivity index is 1.48. The molecule has 3 N–H and O–H groups in total. The van der Waals surface area contributed by atoms with Crippen LogP contribution in [0.2, 0.25) is 0 Å². The molecule has 6 nitrogen and oxygen atoms in total. The van der Waals surface area contributed by atoms with E-state index in [-0.39, 0.29) is 11.6 Å². The van der Waals surface area contributed by atoms with Gasteiger partial charge in [-0.2, -0.15) is 0 Å². The Hall–Kier alpha value is -3.38. The fraction of sp³-hybridized carbons (Fsp3) is 0.250. The van der Waals surface area contributed by atoms with Crippen molar-refractivity contribution in [2.75, 3.05) is 23.8 Å². The first kappa shape index (κ1) is 19.9. The number of benzene rings is 2. The lowest BCUT2D eigenvalue weighted by Crippen LogP contribution is -2.22. The van der Waals surface area contributed by atoms with E-state index in [1.54, 1.807) is 6.20 Å². The van der Waals surface area contributed by atoms with Crippen LogP contribution < -0.4 is 15.5 Å². The number of hydrogen-bond acceptors (Lipinski definition) is 5. The lowest BCUT2D eigenvalue weighted by atomic mass is 10.0. The summed E-state index contributed by atoms with van der Waals surface area (Å²) in [7, 11) is 2.08. The van der Waals surface area contributed by atoms with Crippen LogP contribution in [0.15, 0.2) is 60.9 Å². The molecule has 0 spiro atoms. The summed E-state index contributed by atoms with van der Waals surface area (Å²) < 4.78 is 0. The van der Waals surface area contributed by atoms with Crippen LogP contribution in [-0.2, 0) is 13.0 Å². The van der Waals surface area contributed by atoms with Crippen molar-refractivity contribution in [3.05, 3.63) is 83.2 Å². The number of anilines is 3. The van der Waals surface area contributed by atoms with Gasteiger partial charge in [0.2, 0.25) is 0 Å². The van der Waals surface area contributed by atoms with Gasteiger partial charge in [-0.05, 0) is 53.4 Å². The molecular formula is C24H26N4O2. The molecule has 1 aliphatic rings. The topological polar surface area (TPSA) is 77.5 Å². The van der Waals surface area contributed by atoms with E-state index in [2.05, 4.69) is 77.0 Å². The number of nitrogens with zero attached hydrogens (tertiary/aromatic N) is 2. The quantitative estimate of drug-likeness (QED) is 0.545. The van der Waals surface area contributed by atoms with Crippen LogP contribution in [0.25, 0.3) is 0 Å². The fourth-order valence-electron chi connectivity index (χ4n) is 3.86. The van der Waals surface area contributed by atoms with Gasteiger partial charge in [-0.25, -0.2) is 4.79 Å². The number of pyridine rings is 1. The second-order valence-corrected chi connectivity index (χ2v) is 7.50. The van der Waals surface area contributed by atoms with Crippen LogP contribution in [0, 0.1) is 0 Å². The molecule has 0 fully saturated rings. The molecule has 0 radical (unpaired) electrons. The molecule has 1 aliphatic heterocycles. The van der Waals surface area contributed by atoms with Gasteiger partial charge in [0.15, 0.2) is 0 Å². The number of aromatic carboxylic acids is 1. The van der Waals surface area contributed by atoms with Crippen molar-refractivity contribution in [1.29, 1.82) is 0 Å². The van der Waals surface area contributed by atoms with Crippen LogP contribution in [0.3, 0.4) is 0 Å². The molecule has 2 aromatic carbocycles. The summed E-state index contributed by atoms with van der Waals surface area (Å²) in [4.78, 5) is 17.6. The number of hydrogen-bond donors (Lipinski definition) is 3. The Labute approximate surface area is 176 Å². The molecule has 2 heterocycles. The van der Waals surface area contributed by atoms with Gasteiger partial charge in [0.25, 0.3) is 0 Å². The van der Waals surface area contributed by atoms with Crippen molar-refractivity contribution in [1.82, 2.24) is 10.3 Å². The van der Waals surface area contributed by atoms with Crippen LogP contribution in [0.1, 0.15) is 40.0 Å². The monoisotopic (exact) mass is 402 g/mol. The zero-order chi connectivity index (χ0) is 21.1. The molecule has 0 saturated heterocycles. The molecule has 1 atom stereocenters. The van der Waals surface area contributed by atoms with Crippen molar-refractivity contribution in [3.63, 3.8) is 0 Å². The van der Waals surface area contributed by atoms with Crippen LogP contribution in [-0.4, -0.2) is 29.7 Å². The van der Waals surface area contributed by atoms with E-state index in [1.807, 2.05) is 0 Å². The number of aromatic nitrogens is 1. The number of carboxylic acids is 1. The number of carbonyl (C=O) groups is 1. The SMILES string of the molecule is CCc1ccc(N(C)c2ccc3c(c2)CNC3CNc2cnccc2C(=O)O)cc1. The predicted molar refractivity (Wildman–Crippen MR) is 120 cm³/mol. The average molecular weight is 402 g/mol. The highest BCUT2D eigenvalue weighted by molar-refractivity contribution is 5.93. The van der Waals surface area contributed by atoms with Gasteiger partial charge in [-0.3, -0.25) is 4.98 Å². The summed E-state index contributed by atoms with van der Waals surface area (Å²) in [6.07, 6.45) is 4.09. The van der Waals surface area contributed by atoms with Gasteiger partial charge in [-0.1, -0.05) is 25.1 Å². The minimum atomic E-state index is -0.959. The highest BCUT2D eigenvalue weighted by Gasteiger charge is 2.23. The number of fused-ring (bicyclic) bond motifs is 1. The van der Waals surface area contributed by atoms with E-state index in [9.17, 15) is 9.90 Å². The molecule has 0 aliphatic carbocycles. The highest BCUT2D eigenvalue weighted by atomic mass is 16.4. The Bertz CT molecular complexity index is 1050. The van der Waals surface area contributed by atoms with Crippen molar-refractivity contribution in [2.24, 2.45) is 0 Å². The molecule has 0 bridgehead atoms. The second-order valence-electron chi connectivity index (χ2n) is 7.50. The molecule has 1 aromatic heterocycles. The third kappa shape index (κ3) is 4.00. The molecule has 1 unspecified atom stereocenters. The van der Waals surface area contributed by atoms with Gasteiger partial charge in [0.1, 0.15) is 0 Å². The highest BCUT2D eigenvalue weighted by Crippen LogP contribution is 2.32. The summed E-state index contributed by atoms with van der Waals surface area (Å²) in [5.41, 5.74) is 6.91. The molecule has 4 rings (SSSR count). The lowest BCUT2D eigenvalue weighted by Gasteiger charge is -2.21. The molecule has 6 heteroatoms. The summed E-state index contributed by atoms with van der Waals surface area (Å²) in [5.74, 6) is -0.959. The summed E-state index contributed by atoms with van der Waals surface area (Å²) in [6, 6.07) is 16.8. The predicted octanol–water partition coefficient (Wildman–Crippen LogP) is 4.37. The van der Waals surface area contributed by atoms with Crippen molar-refractivity contribution in [3.8, 4) is 0 Å². The Morgan fingerprint density at radius 3 is 2.70 bits per heavy atom. The molecule has 3 aromatic rings. The molecule has 30 heavy (non-hydrogen) atoms. The molecule has 0 saturated carbocycles. The standard InChI is InChI=1S/C24H26N4O2/c1-3-16-4-6-18(7-5-16)28(2)19-8-9-20-17(12-19)13-26-23(20)15-27-22-14-25-11-10-21(22)24(29)30/h4-12,14,23,26-27H,3,13,15H2,1-2H3,(H,29,30). The van der Waals surface area contributed by atoms with Crippen molar-refractivity contribution >= 4 is 23.0 Å². The first-order valence-corrected chi connectivity index (χ1v) is 10.2. The maximum absolute atomic E-state index is 11.4. The fourth-order valence-corrected chi connectivity index (χ4v) is 3.86. The third-order valence-electron chi connectivity index (χ3n) is 5.71. The van der Waals surface area contributed by atoms with E-state index in [4.69, 9.17) is 0 Å². The summed E-state index contributed by atoms with van der Waals surface area (Å²) >= 11 is 0. The van der Waals surface area contributed by atoms with Crippen molar-refractivity contribution in [2.45, 2.75) is 25.9 Å². The van der Waals surface area contributed by atoms with E-state index >= 15 is 0 Å². The smallest absolute Gasteiger partial charge is 0.337 e. The Morgan fingerprint density at radius 1 is 1.20 bits per heavy atom. The zero-order valence-corrected chi connectivity index (χ0v) is 17.2. The summed E-state index contributed by atoms with van der Waals surface area (Å²) in [5, 5.41) is 16.1. The van der Waals surface area contributed by atoms with Gasteiger partial charge in [0.05, 0.1) is 23.5 Å². The zero-order valence-electron chi connectivity index (χ0n) is 17.2. The van der Waals surface area contributed by atoms with E-state index in [1.165, 1.54) is 29.0 Å². The second kappa shape index (κ2) is 8.55. The van der Waals surface area contributed by atoms with E-state index in [0.717, 1.165) is 24.3 Å². The number of carboxylic acid groups (broad SMARTS) is 1. The minimum Gasteiger partial charge on any atom is -0.478 e. The third-order valence-corrected chi connectivity index (χ3v) is 5.71. The van der Waals surface area contributed by atoms with Crippen LogP contribution >= 0.6 is 0 Å². The Morgan fingerprint density at radius 2 is 1.97 bits per heavy atom. The number of nitrogens with one attached hydrogen (secondary N) is 2. The number of rotatable bonds is 7. The molecule has 0 amide bonds. The Kier molecular flexibility index (Phi) is 5.68. The van der Waals surface area contributed by atoms with Gasteiger partial charge in [0, 0.05) is 37.7 Å². The molecular weight excluding hydrogens is 376 g/mol. The van der Waals surface area contributed by atoms with Gasteiger partial charge >= 0.3 is 5.97 Å². The van der Waals surface area contributed by atoms with E-state index < -0.39 is 5.97 Å². The van der Waals surface area contributed by atoms with Crippen molar-refractivity contribution < 1.29 is 9.90 Å². The maximum Gasteiger partial charge on any atom is 0.337 e. The summed E-state index contributed by atoms with van der Waals surface area (Å²) in [6.45, 7) is 3.54. The van der Waals surface area contributed by atoms with Crippen LogP contribution in [0.4, 0.5) is 17.1 Å². The first-order valence-electron chi connectivity index (χ1n) is 10.2. The lowest BCUT2D eigenvalue weighted by molar-refractivity contribution is 0.0698. The van der Waals surface area contributed by atoms with E-state index in [0.29, 0.717) is 12.2 Å². The maximum atomic E-state index is 11.4. The van der Waals surface area contributed by atoms with Gasteiger partial charge in [-0.15, -0.1) is 0 Å². The van der Waals surface area contributed by atoms with Crippen LogP contribution in [0.5, 0.6) is 0 Å².